The number of ether oxygens (including phenoxy) is 1. The minimum atomic E-state index is -5.19. The second kappa shape index (κ2) is 16.9. The van der Waals surface area contributed by atoms with Crippen molar-refractivity contribution in [2.45, 2.75) is 47.7 Å². The van der Waals surface area contributed by atoms with Gasteiger partial charge in [0.15, 0.2) is 16.7 Å². The highest BCUT2D eigenvalue weighted by Crippen LogP contribution is 2.39. The van der Waals surface area contributed by atoms with E-state index in [0.29, 0.717) is 27.4 Å². The summed E-state index contributed by atoms with van der Waals surface area (Å²) < 4.78 is 111. The van der Waals surface area contributed by atoms with Crippen molar-refractivity contribution in [3.05, 3.63) is 100 Å². The number of benzene rings is 3. The number of rotatable bonds is 13. The van der Waals surface area contributed by atoms with Crippen molar-refractivity contribution < 1.29 is 53.9 Å². The van der Waals surface area contributed by atoms with E-state index in [1.54, 1.807) is 30.5 Å². The maximum Gasteiger partial charge on any atom is 0.430 e. The van der Waals surface area contributed by atoms with Crippen molar-refractivity contribution in [3.63, 3.8) is 0 Å². The van der Waals surface area contributed by atoms with E-state index in [0.717, 1.165) is 18.2 Å². The molecule has 0 aliphatic carbocycles. The second-order valence-electron chi connectivity index (χ2n) is 12.9. The number of carboxylic acid groups (broad SMARTS) is 1. The molecule has 1 N–H and O–H groups in total. The Morgan fingerprint density at radius 3 is 2.17 bits per heavy atom. The molecule has 0 atom stereocenters. The SMILES string of the molecule is COc1cc(C(C)(C)c2cnc(SCc3c(F)cc(S(=O)(=O)NCCC[N+](C)(C)C)cc3Cl)n2-c2ccc(F)cc2)ccc1F.O=C([O-])C(F)(F)F. The van der Waals surface area contributed by atoms with Gasteiger partial charge in [0.1, 0.15) is 17.6 Å². The number of quaternary nitrogens is 1. The van der Waals surface area contributed by atoms with Crippen molar-refractivity contribution in [2.75, 3.05) is 41.3 Å². The molecule has 4 rings (SSSR count). The van der Waals surface area contributed by atoms with Gasteiger partial charge in [0, 0.05) is 40.4 Å². The number of hydrogen-bond donors (Lipinski definition) is 1. The zero-order chi connectivity index (χ0) is 39.2. The fraction of sp³-hybridized carbons (Fsp3) is 0.353. The quantitative estimate of drug-likeness (QED) is 0.0738. The van der Waals surface area contributed by atoms with Gasteiger partial charge in [-0.3, -0.25) is 4.57 Å². The molecule has 0 fully saturated rings. The summed E-state index contributed by atoms with van der Waals surface area (Å²) in [5, 5.41) is 9.21. The van der Waals surface area contributed by atoms with E-state index in [2.05, 4.69) is 9.71 Å². The smallest absolute Gasteiger partial charge is 0.430 e. The summed E-state index contributed by atoms with van der Waals surface area (Å²) in [7, 11) is 3.46. The van der Waals surface area contributed by atoms with Gasteiger partial charge >= 0.3 is 6.18 Å². The molecule has 0 saturated heterocycles. The lowest BCUT2D eigenvalue weighted by Crippen LogP contribution is -2.37. The number of carboxylic acids is 1. The van der Waals surface area contributed by atoms with E-state index < -0.39 is 45.0 Å². The van der Waals surface area contributed by atoms with Crippen LogP contribution in [0.4, 0.5) is 26.3 Å². The van der Waals surface area contributed by atoms with Crippen LogP contribution in [0, 0.1) is 17.5 Å². The van der Waals surface area contributed by atoms with Gasteiger partial charge in [-0.1, -0.05) is 43.3 Å². The fourth-order valence-electron chi connectivity index (χ4n) is 4.77. The molecule has 0 aliphatic heterocycles. The zero-order valence-electron chi connectivity index (χ0n) is 28.9. The second-order valence-corrected chi connectivity index (χ2v) is 16.0. The number of hydrogen-bond acceptors (Lipinski definition) is 7. The number of carbonyl (C=O) groups is 1. The minimum absolute atomic E-state index is 0.0321. The third-order valence-electron chi connectivity index (χ3n) is 7.63. The Morgan fingerprint density at radius 1 is 1.02 bits per heavy atom. The maximum atomic E-state index is 15.4. The number of aromatic nitrogens is 2. The first-order valence-electron chi connectivity index (χ1n) is 15.3. The first-order chi connectivity index (χ1) is 24.0. The van der Waals surface area contributed by atoms with Crippen molar-refractivity contribution >= 4 is 39.4 Å². The van der Waals surface area contributed by atoms with E-state index in [1.165, 1.54) is 43.1 Å². The molecule has 3 aromatic carbocycles. The topological polar surface area (TPSA) is 113 Å². The Balaban J connectivity index is 0.000000944. The molecule has 0 amide bonds. The number of nitrogens with one attached hydrogen (secondary N) is 1. The summed E-state index contributed by atoms with van der Waals surface area (Å²) in [6.07, 6.45) is -2.92. The highest BCUT2D eigenvalue weighted by Gasteiger charge is 2.31. The van der Waals surface area contributed by atoms with Crippen LogP contribution in [0.2, 0.25) is 5.02 Å². The highest BCUT2D eigenvalue weighted by atomic mass is 35.5. The minimum Gasteiger partial charge on any atom is -0.542 e. The normalized spacial score (nSPS) is 12.3. The molecule has 0 unspecified atom stereocenters. The largest absolute Gasteiger partial charge is 0.542 e. The summed E-state index contributed by atoms with van der Waals surface area (Å²) >= 11 is 7.63. The first kappa shape index (κ1) is 42.6. The number of alkyl halides is 3. The number of aliphatic carboxylic acids is 1. The number of thioether (sulfide) groups is 1. The molecule has 9 nitrogen and oxygen atoms in total. The first-order valence-corrected chi connectivity index (χ1v) is 18.2. The van der Waals surface area contributed by atoms with Crippen LogP contribution in [0.3, 0.4) is 0 Å². The molecular weight excluding hydrogens is 758 g/mol. The molecule has 0 saturated carbocycles. The van der Waals surface area contributed by atoms with Crippen molar-refractivity contribution in [1.29, 1.82) is 0 Å². The van der Waals surface area contributed by atoms with Gasteiger partial charge < -0.3 is 19.1 Å². The van der Waals surface area contributed by atoms with Gasteiger partial charge in [-0.25, -0.2) is 31.3 Å². The number of halogens is 7. The van der Waals surface area contributed by atoms with Crippen LogP contribution in [-0.2, 0) is 26.0 Å². The van der Waals surface area contributed by atoms with Gasteiger partial charge in [0.2, 0.25) is 10.0 Å². The summed E-state index contributed by atoms with van der Waals surface area (Å²) in [4.78, 5) is 13.1. The average molecular weight is 795 g/mol. The number of sulfonamides is 1. The Hall–Kier alpha value is -3.77. The van der Waals surface area contributed by atoms with Crippen LogP contribution < -0.4 is 14.6 Å². The van der Waals surface area contributed by atoms with E-state index in [1.807, 2.05) is 39.6 Å². The average Bonchev–Trinajstić information content (AvgIpc) is 3.47. The molecule has 0 spiro atoms. The Labute approximate surface area is 307 Å². The predicted molar refractivity (Wildman–Crippen MR) is 183 cm³/mol. The number of nitrogens with zero attached hydrogens (tertiary/aromatic N) is 3. The summed E-state index contributed by atoms with van der Waals surface area (Å²) in [6.45, 7) is 4.86. The van der Waals surface area contributed by atoms with Crippen LogP contribution >= 0.6 is 23.4 Å². The third-order valence-corrected chi connectivity index (χ3v) is 10.4. The van der Waals surface area contributed by atoms with E-state index in [4.69, 9.17) is 26.2 Å². The molecule has 284 valence electrons. The third kappa shape index (κ3) is 11.1. The molecule has 1 aromatic heterocycles. The lowest BCUT2D eigenvalue weighted by atomic mass is 9.81. The van der Waals surface area contributed by atoms with Crippen LogP contribution in [0.15, 0.2) is 70.8 Å². The Morgan fingerprint density at radius 2 is 1.63 bits per heavy atom. The van der Waals surface area contributed by atoms with Crippen molar-refractivity contribution in [2.24, 2.45) is 0 Å². The Kier molecular flexibility index (Phi) is 13.9. The maximum absolute atomic E-state index is 15.4. The fourth-order valence-corrected chi connectivity index (χ4v) is 7.32. The van der Waals surface area contributed by atoms with Gasteiger partial charge in [0.25, 0.3) is 0 Å². The number of imidazole rings is 1. The zero-order valence-corrected chi connectivity index (χ0v) is 31.3. The molecule has 0 bridgehead atoms. The van der Waals surface area contributed by atoms with Crippen LogP contribution in [0.25, 0.3) is 5.69 Å². The summed E-state index contributed by atoms with van der Waals surface area (Å²) in [5.74, 6) is -4.55. The standard InChI is InChI=1S/C32H37ClF3N4O3S2.C2HF3O2/c1-32(2,21-8-13-27(35)29(16-21)43-6)30-19-37-31(39(30)23-11-9-22(34)10-12-23)44-20-25-26(33)17-24(18-28(25)36)45(41,42)38-14-7-15-40(3,4)5;3-2(4,5)1(6)7/h8-13,16-19,38H,7,14-15,20H2,1-6H3;(H,6,7)/q+1;/p-1. The van der Waals surface area contributed by atoms with E-state index in [9.17, 15) is 30.4 Å². The molecule has 18 heteroatoms. The van der Waals surface area contributed by atoms with E-state index >= 15 is 4.39 Å². The molecular formula is C34H37ClF6N4O5S2. The Bertz CT molecular complexity index is 1960. The van der Waals surface area contributed by atoms with Crippen LogP contribution in [-0.4, -0.2) is 75.9 Å². The molecule has 4 aromatic rings. The highest BCUT2D eigenvalue weighted by molar-refractivity contribution is 7.98. The predicted octanol–water partition coefficient (Wildman–Crippen LogP) is 6.24. The van der Waals surface area contributed by atoms with Gasteiger partial charge in [-0.05, 0) is 54.1 Å². The van der Waals surface area contributed by atoms with Crippen LogP contribution in [0.5, 0.6) is 5.75 Å². The van der Waals surface area contributed by atoms with Gasteiger partial charge in [0.05, 0.1) is 51.6 Å². The number of methoxy groups -OCH3 is 1. The van der Waals surface area contributed by atoms with Crippen LogP contribution in [0.1, 0.15) is 37.1 Å². The molecule has 1 heterocycles. The van der Waals surface area contributed by atoms with Gasteiger partial charge in [-0.15, -0.1) is 0 Å². The summed E-state index contributed by atoms with van der Waals surface area (Å²) in [6, 6.07) is 12.7. The molecule has 0 radical (unpaired) electrons. The molecule has 52 heavy (non-hydrogen) atoms. The van der Waals surface area contributed by atoms with Crippen molar-refractivity contribution in [1.82, 2.24) is 14.3 Å². The monoisotopic (exact) mass is 794 g/mol. The van der Waals surface area contributed by atoms with E-state index in [-0.39, 0.29) is 33.5 Å². The van der Waals surface area contributed by atoms with Crippen molar-refractivity contribution in [3.8, 4) is 11.4 Å². The molecule has 0 aliphatic rings. The number of carbonyl (C=O) groups excluding carboxylic acids is 1. The lowest BCUT2D eigenvalue weighted by Gasteiger charge is -2.28. The van der Waals surface area contributed by atoms with Gasteiger partial charge in [-0.2, -0.15) is 13.2 Å². The summed E-state index contributed by atoms with van der Waals surface area (Å²) in [5.41, 5.74) is 1.45. The lowest BCUT2D eigenvalue weighted by molar-refractivity contribution is -0.870.